The van der Waals surface area contributed by atoms with Gasteiger partial charge >= 0.3 is 5.97 Å². The van der Waals surface area contributed by atoms with Gasteiger partial charge in [0.05, 0.1) is 11.4 Å². The van der Waals surface area contributed by atoms with E-state index in [1.165, 1.54) is 11.3 Å². The second-order valence-electron chi connectivity index (χ2n) is 3.75. The Labute approximate surface area is 109 Å². The van der Waals surface area contributed by atoms with Crippen LogP contribution in [0.5, 0.6) is 0 Å². The van der Waals surface area contributed by atoms with E-state index < -0.39 is 5.97 Å². The molecule has 2 rings (SSSR count). The van der Waals surface area contributed by atoms with Crippen molar-refractivity contribution in [3.8, 4) is 0 Å². The average Bonchev–Trinajstić information content (AvgIpc) is 2.72. The largest absolute Gasteiger partial charge is 0.477 e. The average molecular weight is 263 g/mol. The summed E-state index contributed by atoms with van der Waals surface area (Å²) in [6, 6.07) is 5.73. The highest BCUT2D eigenvalue weighted by Gasteiger charge is 2.13. The van der Waals surface area contributed by atoms with E-state index in [0.717, 1.165) is 10.7 Å². The van der Waals surface area contributed by atoms with Crippen molar-refractivity contribution in [2.45, 2.75) is 20.0 Å². The van der Waals surface area contributed by atoms with Gasteiger partial charge in [-0.3, -0.25) is 4.98 Å². The van der Waals surface area contributed by atoms with E-state index >= 15 is 0 Å². The van der Waals surface area contributed by atoms with Crippen LogP contribution in [0.4, 0.5) is 0 Å². The van der Waals surface area contributed by atoms with Gasteiger partial charge in [0.1, 0.15) is 9.88 Å². The Morgan fingerprint density at radius 1 is 1.44 bits per heavy atom. The number of nitrogens with one attached hydrogen (secondary N) is 1. The summed E-state index contributed by atoms with van der Waals surface area (Å²) in [4.78, 5) is 19.6. The zero-order valence-corrected chi connectivity index (χ0v) is 10.7. The van der Waals surface area contributed by atoms with Crippen molar-refractivity contribution in [1.29, 1.82) is 0 Å². The van der Waals surface area contributed by atoms with Gasteiger partial charge in [0.25, 0.3) is 0 Å². The number of hydrogen-bond acceptors (Lipinski definition) is 5. The van der Waals surface area contributed by atoms with Crippen molar-refractivity contribution in [3.63, 3.8) is 0 Å². The second-order valence-corrected chi connectivity index (χ2v) is 4.84. The van der Waals surface area contributed by atoms with Gasteiger partial charge in [-0.25, -0.2) is 9.78 Å². The van der Waals surface area contributed by atoms with Gasteiger partial charge in [-0.05, 0) is 19.1 Å². The van der Waals surface area contributed by atoms with Crippen molar-refractivity contribution in [1.82, 2.24) is 15.3 Å². The molecule has 0 saturated heterocycles. The number of thiazole rings is 1. The summed E-state index contributed by atoms with van der Waals surface area (Å²) in [6.45, 7) is 2.90. The highest BCUT2D eigenvalue weighted by molar-refractivity contribution is 7.13. The van der Waals surface area contributed by atoms with Crippen LogP contribution >= 0.6 is 11.3 Å². The molecule has 5 nitrogen and oxygen atoms in total. The van der Waals surface area contributed by atoms with E-state index in [1.807, 2.05) is 18.2 Å². The normalized spacial score (nSPS) is 10.5. The van der Waals surface area contributed by atoms with Crippen LogP contribution < -0.4 is 5.32 Å². The summed E-state index contributed by atoms with van der Waals surface area (Å²) in [5.74, 6) is -0.916. The van der Waals surface area contributed by atoms with E-state index in [1.54, 1.807) is 13.1 Å². The predicted octanol–water partition coefficient (Wildman–Crippen LogP) is 1.83. The van der Waals surface area contributed by atoms with Gasteiger partial charge in [0.2, 0.25) is 0 Å². The predicted molar refractivity (Wildman–Crippen MR) is 68.6 cm³/mol. The molecular formula is C12H13N3O2S. The van der Waals surface area contributed by atoms with Gasteiger partial charge in [-0.15, -0.1) is 11.3 Å². The Kier molecular flexibility index (Phi) is 4.01. The second kappa shape index (κ2) is 5.70. The van der Waals surface area contributed by atoms with Gasteiger partial charge in [0.15, 0.2) is 0 Å². The lowest BCUT2D eigenvalue weighted by molar-refractivity contribution is 0.0701. The van der Waals surface area contributed by atoms with Gasteiger partial charge in [0, 0.05) is 19.3 Å². The molecule has 18 heavy (non-hydrogen) atoms. The Balaban J connectivity index is 1.91. The van der Waals surface area contributed by atoms with Crippen LogP contribution in [-0.4, -0.2) is 21.0 Å². The molecule has 2 aromatic rings. The van der Waals surface area contributed by atoms with Crippen molar-refractivity contribution in [2.24, 2.45) is 0 Å². The topological polar surface area (TPSA) is 75.1 Å². The van der Waals surface area contributed by atoms with Gasteiger partial charge in [-0.1, -0.05) is 6.07 Å². The number of aromatic carboxylic acids is 1. The Hall–Kier alpha value is -1.79. The van der Waals surface area contributed by atoms with E-state index in [-0.39, 0.29) is 0 Å². The van der Waals surface area contributed by atoms with Crippen LogP contribution in [-0.2, 0) is 13.1 Å². The highest BCUT2D eigenvalue weighted by Crippen LogP contribution is 2.17. The number of carboxylic acids is 1. The molecule has 0 saturated carbocycles. The molecule has 0 radical (unpaired) electrons. The van der Waals surface area contributed by atoms with Crippen LogP contribution in [0.1, 0.15) is 26.1 Å². The van der Waals surface area contributed by atoms with Crippen LogP contribution in [0.3, 0.4) is 0 Å². The number of nitrogens with zero attached hydrogens (tertiary/aromatic N) is 2. The summed E-state index contributed by atoms with van der Waals surface area (Å²) >= 11 is 1.21. The van der Waals surface area contributed by atoms with Crippen LogP contribution in [0.2, 0.25) is 0 Å². The first kappa shape index (κ1) is 12.7. The standard InChI is InChI=1S/C12H13N3O2S/c1-8-11(12(16)17)18-10(15-8)7-13-6-9-4-2-3-5-14-9/h2-5,13H,6-7H2,1H3,(H,16,17). The van der Waals surface area contributed by atoms with Crippen molar-refractivity contribution in [3.05, 3.63) is 45.7 Å². The first-order chi connectivity index (χ1) is 8.66. The minimum absolute atomic E-state index is 0.310. The molecule has 6 heteroatoms. The first-order valence-corrected chi connectivity index (χ1v) is 6.28. The molecule has 2 heterocycles. The minimum atomic E-state index is -0.916. The van der Waals surface area contributed by atoms with Crippen molar-refractivity contribution >= 4 is 17.3 Å². The number of carbonyl (C=O) groups is 1. The zero-order valence-electron chi connectivity index (χ0n) is 9.88. The van der Waals surface area contributed by atoms with Crippen LogP contribution in [0.15, 0.2) is 24.4 Å². The maximum atomic E-state index is 10.9. The lowest BCUT2D eigenvalue weighted by atomic mass is 10.3. The monoisotopic (exact) mass is 263 g/mol. The Morgan fingerprint density at radius 2 is 2.28 bits per heavy atom. The lowest BCUT2D eigenvalue weighted by Gasteiger charge is -2.01. The van der Waals surface area contributed by atoms with E-state index in [4.69, 9.17) is 5.11 Å². The molecule has 0 aromatic carbocycles. The third-order valence-corrected chi connectivity index (χ3v) is 3.49. The lowest BCUT2D eigenvalue weighted by Crippen LogP contribution is -2.13. The summed E-state index contributed by atoms with van der Waals surface area (Å²) in [5.41, 5.74) is 1.52. The molecule has 0 aliphatic rings. The number of hydrogen-bond donors (Lipinski definition) is 2. The third kappa shape index (κ3) is 3.12. The van der Waals surface area contributed by atoms with Gasteiger partial charge < -0.3 is 10.4 Å². The number of aryl methyl sites for hydroxylation is 1. The maximum Gasteiger partial charge on any atom is 0.347 e. The Morgan fingerprint density at radius 3 is 2.89 bits per heavy atom. The van der Waals surface area contributed by atoms with Crippen molar-refractivity contribution in [2.75, 3.05) is 0 Å². The number of aromatic nitrogens is 2. The summed E-state index contributed by atoms with van der Waals surface area (Å²) in [7, 11) is 0. The fourth-order valence-electron chi connectivity index (χ4n) is 1.53. The minimum Gasteiger partial charge on any atom is -0.477 e. The fourth-order valence-corrected chi connectivity index (χ4v) is 2.40. The van der Waals surface area contributed by atoms with Crippen LogP contribution in [0.25, 0.3) is 0 Å². The summed E-state index contributed by atoms with van der Waals surface area (Å²) in [6.07, 6.45) is 1.74. The molecule has 0 amide bonds. The zero-order chi connectivity index (χ0) is 13.0. The molecule has 94 valence electrons. The number of rotatable bonds is 5. The third-order valence-electron chi connectivity index (χ3n) is 2.34. The molecule has 0 unspecified atom stereocenters. The molecule has 0 bridgehead atoms. The van der Waals surface area contributed by atoms with Crippen LogP contribution in [0, 0.1) is 6.92 Å². The molecule has 0 aliphatic heterocycles. The molecule has 0 spiro atoms. The SMILES string of the molecule is Cc1nc(CNCc2ccccn2)sc1C(=O)O. The van der Waals surface area contributed by atoms with E-state index in [9.17, 15) is 4.79 Å². The van der Waals surface area contributed by atoms with E-state index in [2.05, 4.69) is 15.3 Å². The Bertz CT molecular complexity index is 540. The first-order valence-electron chi connectivity index (χ1n) is 5.47. The number of pyridine rings is 1. The molecule has 0 aliphatic carbocycles. The van der Waals surface area contributed by atoms with Gasteiger partial charge in [-0.2, -0.15) is 0 Å². The molecular weight excluding hydrogens is 250 g/mol. The van der Waals surface area contributed by atoms with Crippen molar-refractivity contribution < 1.29 is 9.90 Å². The maximum absolute atomic E-state index is 10.9. The molecule has 0 atom stereocenters. The molecule has 2 aromatic heterocycles. The quantitative estimate of drug-likeness (QED) is 0.860. The van der Waals surface area contributed by atoms with E-state index in [0.29, 0.717) is 23.7 Å². The smallest absolute Gasteiger partial charge is 0.347 e. The number of carboxylic acid groups (broad SMARTS) is 1. The fraction of sp³-hybridized carbons (Fsp3) is 0.250. The molecule has 2 N–H and O–H groups in total. The summed E-state index contributed by atoms with van der Waals surface area (Å²) in [5, 5.41) is 12.9. The molecule has 0 fully saturated rings. The summed E-state index contributed by atoms with van der Waals surface area (Å²) < 4.78 is 0. The highest BCUT2D eigenvalue weighted by atomic mass is 32.1.